The first-order valence-electron chi connectivity index (χ1n) is 13.7. The van der Waals surface area contributed by atoms with Crippen LogP contribution in [0.15, 0.2) is 66.2 Å². The Morgan fingerprint density at radius 1 is 0.976 bits per heavy atom. The van der Waals surface area contributed by atoms with E-state index in [4.69, 9.17) is 14.2 Å². The Kier molecular flexibility index (Phi) is 7.70. The number of ketones is 1. The lowest BCUT2D eigenvalue weighted by Crippen LogP contribution is -2.30. The summed E-state index contributed by atoms with van der Waals surface area (Å²) >= 11 is 0. The zero-order valence-corrected chi connectivity index (χ0v) is 23.7. The number of nitrogens with one attached hydrogen (secondary N) is 1. The molecule has 0 aliphatic carbocycles. The summed E-state index contributed by atoms with van der Waals surface area (Å²) in [5.41, 5.74) is 3.20. The van der Waals surface area contributed by atoms with Crippen LogP contribution in [-0.4, -0.2) is 46.1 Å². The number of benzene rings is 3. The summed E-state index contributed by atoms with van der Waals surface area (Å²) in [5.74, 6) is -0.247. The minimum Gasteiger partial charge on any atom is -0.507 e. The molecular weight excluding hydrogens is 522 g/mol. The van der Waals surface area contributed by atoms with Gasteiger partial charge in [-0.25, -0.2) is 4.98 Å². The standard InChI is InChI=1S/C32H33N3O6/c1-6-39-22-13-14-23(26(17-22)40-7-2)29(36)27-28(20-9-11-21(12-10-20)41-18(3)4)35(31(38)30(27)37)32-33-24-15-8-19(5)16-25(24)34-32/h8-18,28,36H,6-7H2,1-5H3,(H,33,34)/b29-27+. The normalized spacial score (nSPS) is 16.5. The third kappa shape index (κ3) is 5.35. The number of aromatic amines is 1. The van der Waals surface area contributed by atoms with Crippen molar-refractivity contribution in [1.82, 2.24) is 9.97 Å². The van der Waals surface area contributed by atoms with Crippen molar-refractivity contribution in [3.63, 3.8) is 0 Å². The van der Waals surface area contributed by atoms with E-state index >= 15 is 0 Å². The second-order valence-corrected chi connectivity index (χ2v) is 10.0. The number of hydrogen-bond acceptors (Lipinski definition) is 7. The molecule has 1 aliphatic heterocycles. The number of imidazole rings is 1. The maximum absolute atomic E-state index is 13.7. The second kappa shape index (κ2) is 11.4. The Hall–Kier alpha value is -4.79. The number of fused-ring (bicyclic) bond motifs is 1. The first-order valence-corrected chi connectivity index (χ1v) is 13.7. The predicted octanol–water partition coefficient (Wildman–Crippen LogP) is 6.08. The highest BCUT2D eigenvalue weighted by Crippen LogP contribution is 2.43. The average Bonchev–Trinajstić information content (AvgIpc) is 3.46. The fraction of sp³-hybridized carbons (Fsp3) is 0.281. The van der Waals surface area contributed by atoms with Crippen molar-refractivity contribution in [2.75, 3.05) is 18.1 Å². The molecule has 1 aromatic heterocycles. The quantitative estimate of drug-likeness (QED) is 0.146. The van der Waals surface area contributed by atoms with Gasteiger partial charge in [0.25, 0.3) is 5.78 Å². The molecule has 2 N–H and O–H groups in total. The highest BCUT2D eigenvalue weighted by molar-refractivity contribution is 6.51. The highest BCUT2D eigenvalue weighted by Gasteiger charge is 2.48. The van der Waals surface area contributed by atoms with E-state index in [1.807, 2.05) is 52.8 Å². The van der Waals surface area contributed by atoms with Gasteiger partial charge in [-0.15, -0.1) is 0 Å². The number of aliphatic hydroxyl groups excluding tert-OH is 1. The van der Waals surface area contributed by atoms with Gasteiger partial charge < -0.3 is 24.3 Å². The number of hydrogen-bond donors (Lipinski definition) is 2. The largest absolute Gasteiger partial charge is 0.507 e. The molecule has 0 saturated carbocycles. The third-order valence-corrected chi connectivity index (χ3v) is 6.68. The summed E-state index contributed by atoms with van der Waals surface area (Å²) in [6.45, 7) is 10.3. The van der Waals surface area contributed by atoms with E-state index in [0.29, 0.717) is 41.5 Å². The average molecular weight is 556 g/mol. The molecule has 41 heavy (non-hydrogen) atoms. The molecule has 2 heterocycles. The van der Waals surface area contributed by atoms with Gasteiger partial charge in [-0.3, -0.25) is 14.5 Å². The van der Waals surface area contributed by atoms with E-state index in [1.54, 1.807) is 42.5 Å². The summed E-state index contributed by atoms with van der Waals surface area (Å²) in [5, 5.41) is 11.7. The molecule has 1 amide bonds. The topological polar surface area (TPSA) is 114 Å². The Balaban J connectivity index is 1.70. The van der Waals surface area contributed by atoms with Crippen LogP contribution in [0.1, 0.15) is 50.4 Å². The number of ether oxygens (including phenoxy) is 3. The highest BCUT2D eigenvalue weighted by atomic mass is 16.5. The van der Waals surface area contributed by atoms with E-state index in [2.05, 4.69) is 9.97 Å². The monoisotopic (exact) mass is 555 g/mol. The molecule has 4 aromatic rings. The summed E-state index contributed by atoms with van der Waals surface area (Å²) in [4.78, 5) is 36.4. The molecule has 0 radical (unpaired) electrons. The molecule has 9 heteroatoms. The fourth-order valence-corrected chi connectivity index (χ4v) is 4.97. The van der Waals surface area contributed by atoms with Crippen LogP contribution >= 0.6 is 0 Å². The molecule has 1 fully saturated rings. The number of aliphatic hydroxyl groups is 1. The lowest BCUT2D eigenvalue weighted by Gasteiger charge is -2.23. The number of nitrogens with zero attached hydrogens (tertiary/aromatic N) is 2. The molecule has 1 unspecified atom stereocenters. The van der Waals surface area contributed by atoms with Crippen LogP contribution in [0.3, 0.4) is 0 Å². The van der Waals surface area contributed by atoms with Gasteiger partial charge in [0.1, 0.15) is 23.0 Å². The zero-order valence-electron chi connectivity index (χ0n) is 23.7. The van der Waals surface area contributed by atoms with Crippen LogP contribution in [0.4, 0.5) is 5.95 Å². The van der Waals surface area contributed by atoms with Crippen molar-refractivity contribution in [3.8, 4) is 17.2 Å². The van der Waals surface area contributed by atoms with E-state index in [-0.39, 0.29) is 28.9 Å². The molecule has 0 spiro atoms. The van der Waals surface area contributed by atoms with Gasteiger partial charge in [-0.2, -0.15) is 0 Å². The first-order chi connectivity index (χ1) is 19.7. The van der Waals surface area contributed by atoms with Crippen molar-refractivity contribution in [3.05, 3.63) is 82.9 Å². The number of carbonyl (C=O) groups is 2. The lowest BCUT2D eigenvalue weighted by atomic mass is 9.95. The minimum atomic E-state index is -0.967. The van der Waals surface area contributed by atoms with Crippen molar-refractivity contribution < 1.29 is 28.9 Å². The molecule has 0 bridgehead atoms. The molecule has 5 rings (SSSR count). The van der Waals surface area contributed by atoms with Gasteiger partial charge in [-0.1, -0.05) is 18.2 Å². The predicted molar refractivity (Wildman–Crippen MR) is 157 cm³/mol. The number of rotatable bonds is 9. The van der Waals surface area contributed by atoms with Crippen molar-refractivity contribution in [2.24, 2.45) is 0 Å². The third-order valence-electron chi connectivity index (χ3n) is 6.68. The molecule has 212 valence electrons. The molecule has 1 saturated heterocycles. The Bertz CT molecular complexity index is 1640. The SMILES string of the molecule is CCOc1ccc(/C(O)=C2\C(=O)C(=O)N(c3nc4ccc(C)cc4[nH]3)C2c2ccc(OC(C)C)cc2)c(OCC)c1. The van der Waals surface area contributed by atoms with Gasteiger partial charge in [0.05, 0.1) is 47.5 Å². The number of aryl methyl sites for hydroxylation is 1. The number of H-pyrrole nitrogens is 1. The Labute approximate surface area is 238 Å². The maximum Gasteiger partial charge on any atom is 0.302 e. The molecule has 3 aromatic carbocycles. The van der Waals surface area contributed by atoms with Gasteiger partial charge in [0.2, 0.25) is 5.95 Å². The number of amides is 1. The number of anilines is 1. The Morgan fingerprint density at radius 3 is 2.37 bits per heavy atom. The van der Waals surface area contributed by atoms with Gasteiger partial charge >= 0.3 is 5.91 Å². The van der Waals surface area contributed by atoms with E-state index in [9.17, 15) is 14.7 Å². The first kappa shape index (κ1) is 27.8. The number of Topliss-reactive ketones (excluding diaryl/α,β-unsaturated/α-hetero) is 1. The van der Waals surface area contributed by atoms with Crippen LogP contribution in [0.2, 0.25) is 0 Å². The number of aromatic nitrogens is 2. The smallest absolute Gasteiger partial charge is 0.302 e. The van der Waals surface area contributed by atoms with E-state index in [1.165, 1.54) is 4.90 Å². The summed E-state index contributed by atoms with van der Waals surface area (Å²) < 4.78 is 17.2. The number of carbonyl (C=O) groups excluding carboxylic acids is 2. The summed E-state index contributed by atoms with van der Waals surface area (Å²) in [6.07, 6.45) is -0.0258. The summed E-state index contributed by atoms with van der Waals surface area (Å²) in [7, 11) is 0. The fourth-order valence-electron chi connectivity index (χ4n) is 4.97. The van der Waals surface area contributed by atoms with Crippen LogP contribution in [0.5, 0.6) is 17.2 Å². The van der Waals surface area contributed by atoms with Crippen LogP contribution in [-0.2, 0) is 9.59 Å². The van der Waals surface area contributed by atoms with Crippen LogP contribution in [0, 0.1) is 6.92 Å². The molecule has 9 nitrogen and oxygen atoms in total. The summed E-state index contributed by atoms with van der Waals surface area (Å²) in [6, 6.07) is 16.8. The second-order valence-electron chi connectivity index (χ2n) is 10.0. The molecule has 1 aliphatic rings. The van der Waals surface area contributed by atoms with Gasteiger partial charge in [0.15, 0.2) is 0 Å². The minimum absolute atomic E-state index is 0.0258. The molecular formula is C32H33N3O6. The van der Waals surface area contributed by atoms with Crippen molar-refractivity contribution in [1.29, 1.82) is 0 Å². The zero-order chi connectivity index (χ0) is 29.3. The Morgan fingerprint density at radius 2 is 1.68 bits per heavy atom. The lowest BCUT2D eigenvalue weighted by molar-refractivity contribution is -0.132. The van der Waals surface area contributed by atoms with Crippen molar-refractivity contribution >= 4 is 34.4 Å². The van der Waals surface area contributed by atoms with E-state index < -0.39 is 17.7 Å². The van der Waals surface area contributed by atoms with Crippen LogP contribution < -0.4 is 19.1 Å². The maximum atomic E-state index is 13.7. The van der Waals surface area contributed by atoms with Gasteiger partial charge in [-0.05, 0) is 82.1 Å². The molecule has 1 atom stereocenters. The van der Waals surface area contributed by atoms with E-state index in [0.717, 1.165) is 11.1 Å². The van der Waals surface area contributed by atoms with Crippen molar-refractivity contribution in [2.45, 2.75) is 46.8 Å². The van der Waals surface area contributed by atoms with Crippen LogP contribution in [0.25, 0.3) is 16.8 Å². The van der Waals surface area contributed by atoms with Gasteiger partial charge in [0, 0.05) is 6.07 Å².